The third-order valence-corrected chi connectivity index (χ3v) is 12.0. The van der Waals surface area contributed by atoms with Crippen LogP contribution in [-0.2, 0) is 6.42 Å². The Morgan fingerprint density at radius 1 is 0.643 bits per heavy atom. The van der Waals surface area contributed by atoms with Gasteiger partial charge in [-0.1, -0.05) is 166 Å². The van der Waals surface area contributed by atoms with Gasteiger partial charge in [-0.15, -0.1) is 0 Å². The summed E-state index contributed by atoms with van der Waals surface area (Å²) < 4.78 is 6.08. The molecule has 1 aliphatic carbocycles. The van der Waals surface area contributed by atoms with Gasteiger partial charge in [0, 0.05) is 11.3 Å². The summed E-state index contributed by atoms with van der Waals surface area (Å²) >= 11 is 0. The van der Waals surface area contributed by atoms with Crippen LogP contribution in [0.25, 0.3) is 83.6 Å². The van der Waals surface area contributed by atoms with E-state index in [1.54, 1.807) is 11.8 Å². The van der Waals surface area contributed by atoms with E-state index in [2.05, 4.69) is 167 Å². The van der Waals surface area contributed by atoms with Gasteiger partial charge in [0.2, 0.25) is 0 Å². The molecule has 0 radical (unpaired) electrons. The van der Waals surface area contributed by atoms with Crippen molar-refractivity contribution in [1.82, 2.24) is 0 Å². The fourth-order valence-electron chi connectivity index (χ4n) is 9.36. The first kappa shape index (κ1) is 35.5. The third-order valence-electron chi connectivity index (χ3n) is 12.0. The van der Waals surface area contributed by atoms with Crippen LogP contribution < -0.4 is 5.22 Å². The summed E-state index contributed by atoms with van der Waals surface area (Å²) in [6.45, 7) is 11.4. The number of hydrogen-bond donors (Lipinski definition) is 0. The molecule has 1 unspecified atom stereocenters. The first-order chi connectivity index (χ1) is 27.5. The molecule has 0 amide bonds. The number of fused-ring (bicyclic) bond motifs is 4. The molecule has 2 bridgehead atoms. The molecule has 0 spiro atoms. The highest BCUT2D eigenvalue weighted by Crippen LogP contribution is 2.42. The molecule has 0 saturated heterocycles. The van der Waals surface area contributed by atoms with Crippen molar-refractivity contribution in [1.29, 1.82) is 0 Å². The molecule has 7 aromatic carbocycles. The average Bonchev–Trinajstić information content (AvgIpc) is 3.23. The Morgan fingerprint density at radius 2 is 1.38 bits per heavy atom. The molecule has 0 fully saturated rings. The molecule has 1 heterocycles. The molecular formula is C55H48O. The van der Waals surface area contributed by atoms with Gasteiger partial charge in [0.15, 0.2) is 0 Å². The SMILES string of the molecule is C=c1c2cccoc3cccc(c4c(-c5ccc(-c6c(C)cccc6-c6cccc(-c7cccc(C(CC)C8=CC=CCC8)c7)c6)c(CCC)c5)cccc24)c13. The number of hydrogen-bond acceptors (Lipinski definition) is 1. The van der Waals surface area contributed by atoms with Crippen LogP contribution in [0.5, 0.6) is 0 Å². The van der Waals surface area contributed by atoms with Gasteiger partial charge >= 0.3 is 0 Å². The standard InChI is InChI=1S/C55H48O/c1-5-16-41-35-44(48-25-13-26-50-46-28-15-32-56-52-29-14-27-51(55(48)50)54(52)37(46)4)30-31-49(41)53-36(3)17-10-24-47(53)43-23-12-21-40(34-43)39-20-11-22-42(33-39)45(6-2)38-18-8-7-9-19-38/h7-8,10-15,17-18,20-35,45H,4-6,9,16,19H2,1-3H3. The highest BCUT2D eigenvalue weighted by atomic mass is 16.3. The molecule has 9 rings (SSSR count). The average molecular weight is 725 g/mol. The molecule has 274 valence electrons. The predicted molar refractivity (Wildman–Crippen MR) is 241 cm³/mol. The van der Waals surface area contributed by atoms with Crippen LogP contribution in [0.15, 0.2) is 168 Å². The molecule has 1 atom stereocenters. The van der Waals surface area contributed by atoms with Crippen LogP contribution in [0.4, 0.5) is 0 Å². The van der Waals surface area contributed by atoms with Crippen molar-refractivity contribution >= 4 is 39.1 Å². The van der Waals surface area contributed by atoms with Crippen molar-refractivity contribution in [2.45, 2.75) is 58.8 Å². The summed E-state index contributed by atoms with van der Waals surface area (Å²) in [6, 6.07) is 49.5. The normalized spacial score (nSPS) is 13.4. The lowest BCUT2D eigenvalue weighted by molar-refractivity contribution is 0.606. The maximum Gasteiger partial charge on any atom is 0.134 e. The summed E-state index contributed by atoms with van der Waals surface area (Å²) in [5, 5.41) is 6.87. The van der Waals surface area contributed by atoms with E-state index in [1.807, 2.05) is 12.1 Å². The van der Waals surface area contributed by atoms with E-state index in [4.69, 9.17) is 4.42 Å². The van der Waals surface area contributed by atoms with Gasteiger partial charge in [0.25, 0.3) is 0 Å². The molecule has 0 saturated carbocycles. The maximum absolute atomic E-state index is 6.08. The largest absolute Gasteiger partial charge is 0.464 e. The van der Waals surface area contributed by atoms with Crippen LogP contribution in [0.1, 0.15) is 62.1 Å². The van der Waals surface area contributed by atoms with Crippen LogP contribution >= 0.6 is 0 Å². The zero-order valence-electron chi connectivity index (χ0n) is 32.7. The number of benzene rings is 7. The molecule has 1 nitrogen and oxygen atoms in total. The van der Waals surface area contributed by atoms with E-state index in [0.717, 1.165) is 53.7 Å². The zero-order chi connectivity index (χ0) is 38.2. The van der Waals surface area contributed by atoms with Gasteiger partial charge in [0.1, 0.15) is 5.58 Å². The first-order valence-electron chi connectivity index (χ1n) is 20.3. The Bertz CT molecular complexity index is 2900. The Morgan fingerprint density at radius 3 is 2.21 bits per heavy atom. The van der Waals surface area contributed by atoms with Crippen molar-refractivity contribution in [3.63, 3.8) is 0 Å². The minimum absolute atomic E-state index is 0.454. The van der Waals surface area contributed by atoms with E-state index in [-0.39, 0.29) is 0 Å². The smallest absolute Gasteiger partial charge is 0.134 e. The molecule has 8 aromatic rings. The van der Waals surface area contributed by atoms with E-state index >= 15 is 0 Å². The van der Waals surface area contributed by atoms with E-state index in [9.17, 15) is 0 Å². The molecular weight excluding hydrogens is 677 g/mol. The third kappa shape index (κ3) is 6.32. The number of allylic oxidation sites excluding steroid dienone is 4. The quantitative estimate of drug-likeness (QED) is 0.135. The molecule has 1 aromatic heterocycles. The summed E-state index contributed by atoms with van der Waals surface area (Å²) in [4.78, 5) is 0. The van der Waals surface area contributed by atoms with Gasteiger partial charge in [-0.25, -0.2) is 0 Å². The van der Waals surface area contributed by atoms with Crippen LogP contribution in [-0.4, -0.2) is 0 Å². The van der Waals surface area contributed by atoms with Gasteiger partial charge in [-0.2, -0.15) is 0 Å². The molecule has 56 heavy (non-hydrogen) atoms. The van der Waals surface area contributed by atoms with Crippen molar-refractivity contribution in [2.24, 2.45) is 0 Å². The summed E-state index contributed by atoms with van der Waals surface area (Å²) in [5.41, 5.74) is 16.6. The lowest BCUT2D eigenvalue weighted by Crippen LogP contribution is -2.03. The molecule has 0 aliphatic heterocycles. The number of aryl methyl sites for hydroxylation is 2. The lowest BCUT2D eigenvalue weighted by Gasteiger charge is -2.22. The summed E-state index contributed by atoms with van der Waals surface area (Å²) in [7, 11) is 0. The summed E-state index contributed by atoms with van der Waals surface area (Å²) in [6.07, 6.45) is 14.1. The summed E-state index contributed by atoms with van der Waals surface area (Å²) in [5.74, 6) is 0.454. The van der Waals surface area contributed by atoms with Crippen molar-refractivity contribution in [3.05, 3.63) is 185 Å². The van der Waals surface area contributed by atoms with Crippen molar-refractivity contribution in [2.75, 3.05) is 0 Å². The van der Waals surface area contributed by atoms with E-state index in [0.29, 0.717) is 5.92 Å². The Hall–Kier alpha value is -6.18. The Kier molecular flexibility index (Phi) is 9.61. The van der Waals surface area contributed by atoms with Gasteiger partial charge in [0.05, 0.1) is 6.26 Å². The molecule has 1 aliphatic rings. The van der Waals surface area contributed by atoms with Crippen LogP contribution in [0.2, 0.25) is 0 Å². The van der Waals surface area contributed by atoms with E-state index in [1.165, 1.54) is 77.4 Å². The first-order valence-corrected chi connectivity index (χ1v) is 20.3. The van der Waals surface area contributed by atoms with Crippen LogP contribution in [0.3, 0.4) is 0 Å². The van der Waals surface area contributed by atoms with Crippen molar-refractivity contribution in [3.8, 4) is 44.5 Å². The second kappa shape index (κ2) is 15.2. The van der Waals surface area contributed by atoms with Gasteiger partial charge in [-0.05, 0) is 139 Å². The molecule has 0 N–H and O–H groups in total. The fourth-order valence-corrected chi connectivity index (χ4v) is 9.36. The maximum atomic E-state index is 6.08. The molecule has 1 heteroatoms. The zero-order valence-corrected chi connectivity index (χ0v) is 32.7. The highest BCUT2D eigenvalue weighted by molar-refractivity contribution is 6.22. The van der Waals surface area contributed by atoms with Gasteiger partial charge in [-0.3, -0.25) is 0 Å². The Balaban J connectivity index is 1.16. The topological polar surface area (TPSA) is 13.1 Å². The fraction of sp³-hybridized carbons (Fsp3) is 0.164. The van der Waals surface area contributed by atoms with Gasteiger partial charge < -0.3 is 4.42 Å². The van der Waals surface area contributed by atoms with Crippen LogP contribution in [0, 0.1) is 6.92 Å². The highest BCUT2D eigenvalue weighted by Gasteiger charge is 2.19. The second-order valence-electron chi connectivity index (χ2n) is 15.4. The number of rotatable bonds is 9. The lowest BCUT2D eigenvalue weighted by atomic mass is 9.83. The predicted octanol–water partition coefficient (Wildman–Crippen LogP) is 15.1. The van der Waals surface area contributed by atoms with E-state index < -0.39 is 0 Å². The Labute approximate surface area is 331 Å². The monoisotopic (exact) mass is 724 g/mol. The minimum atomic E-state index is 0.454. The minimum Gasteiger partial charge on any atom is -0.464 e. The van der Waals surface area contributed by atoms with Crippen molar-refractivity contribution < 1.29 is 4.42 Å². The second-order valence-corrected chi connectivity index (χ2v) is 15.4.